The van der Waals surface area contributed by atoms with Gasteiger partial charge >= 0.3 is 5.69 Å². The van der Waals surface area contributed by atoms with Crippen LogP contribution in [0.5, 0.6) is 5.75 Å². The van der Waals surface area contributed by atoms with Gasteiger partial charge in [-0.25, -0.2) is 0 Å². The number of nitrogens with one attached hydrogen (secondary N) is 2. The van der Waals surface area contributed by atoms with E-state index in [1.54, 1.807) is 18.2 Å². The highest BCUT2D eigenvalue weighted by atomic mass is 16.6. The van der Waals surface area contributed by atoms with E-state index in [4.69, 9.17) is 4.74 Å². The van der Waals surface area contributed by atoms with Crippen LogP contribution in [0, 0.1) is 10.1 Å². The van der Waals surface area contributed by atoms with Crippen LogP contribution in [-0.2, 0) is 0 Å². The summed E-state index contributed by atoms with van der Waals surface area (Å²) in [6.07, 6.45) is 5.72. The molecular formula is C15H21N3O3. The molecule has 1 heterocycles. The number of piperidine rings is 1. The van der Waals surface area contributed by atoms with E-state index in [0.29, 0.717) is 11.4 Å². The largest absolute Gasteiger partial charge is 0.490 e. The molecule has 1 unspecified atom stereocenters. The molecule has 21 heavy (non-hydrogen) atoms. The molecule has 6 heteroatoms. The van der Waals surface area contributed by atoms with Crippen molar-refractivity contribution in [2.75, 3.05) is 19.0 Å². The first-order chi connectivity index (χ1) is 10.1. The average molecular weight is 291 g/mol. The number of nitrogens with zero attached hydrogens (tertiary/aromatic N) is 1. The van der Waals surface area contributed by atoms with Gasteiger partial charge in [-0.1, -0.05) is 6.07 Å². The number of hydrogen-bond donors (Lipinski definition) is 2. The second-order valence-corrected chi connectivity index (χ2v) is 6.01. The van der Waals surface area contributed by atoms with Crippen LogP contribution in [0.15, 0.2) is 18.2 Å². The number of methoxy groups -OCH3 is 1. The van der Waals surface area contributed by atoms with Gasteiger partial charge in [0.05, 0.1) is 12.0 Å². The molecule has 6 nitrogen and oxygen atoms in total. The van der Waals surface area contributed by atoms with Gasteiger partial charge in [0, 0.05) is 11.6 Å². The molecule has 0 bridgehead atoms. The van der Waals surface area contributed by atoms with Crippen molar-refractivity contribution >= 4 is 11.4 Å². The third-order valence-corrected chi connectivity index (χ3v) is 4.70. The number of ether oxygens (including phenoxy) is 1. The van der Waals surface area contributed by atoms with Gasteiger partial charge in [0.15, 0.2) is 5.75 Å². The zero-order valence-electron chi connectivity index (χ0n) is 12.2. The molecule has 1 aromatic rings. The molecule has 1 aromatic carbocycles. The summed E-state index contributed by atoms with van der Waals surface area (Å²) < 4.78 is 5.12. The first kappa shape index (κ1) is 14.1. The van der Waals surface area contributed by atoms with Gasteiger partial charge < -0.3 is 15.4 Å². The monoisotopic (exact) mass is 291 g/mol. The molecule has 3 rings (SSSR count). The summed E-state index contributed by atoms with van der Waals surface area (Å²) in [5.41, 5.74) is 0.853. The number of nitro groups is 1. The molecule has 114 valence electrons. The van der Waals surface area contributed by atoms with Crippen molar-refractivity contribution in [1.29, 1.82) is 0 Å². The summed E-state index contributed by atoms with van der Waals surface area (Å²) in [4.78, 5) is 10.9. The quantitative estimate of drug-likeness (QED) is 0.659. The Balaban J connectivity index is 1.79. The molecule has 2 N–H and O–H groups in total. The first-order valence-electron chi connectivity index (χ1n) is 7.46. The Kier molecular flexibility index (Phi) is 3.71. The van der Waals surface area contributed by atoms with Gasteiger partial charge in [0.25, 0.3) is 0 Å². The molecular weight excluding hydrogens is 270 g/mol. The first-order valence-corrected chi connectivity index (χ1v) is 7.46. The lowest BCUT2D eigenvalue weighted by Crippen LogP contribution is -2.58. The number of hydrogen-bond acceptors (Lipinski definition) is 5. The van der Waals surface area contributed by atoms with Gasteiger partial charge in [0.1, 0.15) is 5.69 Å². The fourth-order valence-electron chi connectivity index (χ4n) is 3.48. The lowest BCUT2D eigenvalue weighted by atomic mass is 9.70. The zero-order chi connectivity index (χ0) is 14.9. The van der Waals surface area contributed by atoms with Gasteiger partial charge in [0.2, 0.25) is 0 Å². The van der Waals surface area contributed by atoms with Crippen molar-refractivity contribution in [2.45, 2.75) is 43.7 Å². The maximum absolute atomic E-state index is 11.3. The lowest BCUT2D eigenvalue weighted by molar-refractivity contribution is -0.384. The zero-order valence-corrected chi connectivity index (χ0v) is 12.2. The van der Waals surface area contributed by atoms with Crippen LogP contribution in [0.2, 0.25) is 0 Å². The number of benzene rings is 1. The molecule has 1 aliphatic heterocycles. The van der Waals surface area contributed by atoms with E-state index in [1.165, 1.54) is 26.4 Å². The minimum Gasteiger partial charge on any atom is -0.490 e. The van der Waals surface area contributed by atoms with E-state index >= 15 is 0 Å². The third-order valence-electron chi connectivity index (χ3n) is 4.70. The SMILES string of the molecule is COc1cccc(NC2CCNC3(CCC3)C2)c1[N+](=O)[O-]. The summed E-state index contributed by atoms with van der Waals surface area (Å²) in [5, 5.41) is 18.3. The van der Waals surface area contributed by atoms with Crippen LogP contribution in [0.25, 0.3) is 0 Å². The highest BCUT2D eigenvalue weighted by molar-refractivity contribution is 5.68. The van der Waals surface area contributed by atoms with E-state index in [-0.39, 0.29) is 22.2 Å². The third kappa shape index (κ3) is 2.68. The summed E-state index contributed by atoms with van der Waals surface area (Å²) in [7, 11) is 1.46. The molecule has 1 saturated heterocycles. The maximum Gasteiger partial charge on any atom is 0.333 e. The highest BCUT2D eigenvalue weighted by Crippen LogP contribution is 2.40. The summed E-state index contributed by atoms with van der Waals surface area (Å²) in [6, 6.07) is 5.45. The molecule has 1 aliphatic carbocycles. The Morgan fingerprint density at radius 1 is 1.48 bits per heavy atom. The van der Waals surface area contributed by atoms with Crippen LogP contribution in [0.3, 0.4) is 0 Å². The number of nitro benzene ring substituents is 1. The summed E-state index contributed by atoms with van der Waals surface area (Å²) in [6.45, 7) is 0.968. The molecule has 1 spiro atoms. The normalized spacial score (nSPS) is 23.4. The van der Waals surface area contributed by atoms with Crippen LogP contribution < -0.4 is 15.4 Å². The predicted octanol–water partition coefficient (Wildman–Crippen LogP) is 2.69. The van der Waals surface area contributed by atoms with E-state index < -0.39 is 0 Å². The van der Waals surface area contributed by atoms with E-state index in [0.717, 1.165) is 19.4 Å². The Labute approximate surface area is 124 Å². The van der Waals surface area contributed by atoms with Crippen LogP contribution in [0.1, 0.15) is 32.1 Å². The highest BCUT2D eigenvalue weighted by Gasteiger charge is 2.41. The van der Waals surface area contributed by atoms with Crippen LogP contribution in [0.4, 0.5) is 11.4 Å². The second-order valence-electron chi connectivity index (χ2n) is 6.01. The molecule has 2 aliphatic rings. The van der Waals surface area contributed by atoms with Crippen LogP contribution in [-0.4, -0.2) is 30.2 Å². The Bertz CT molecular complexity index is 543. The topological polar surface area (TPSA) is 76.4 Å². The molecule has 0 amide bonds. The Morgan fingerprint density at radius 2 is 2.29 bits per heavy atom. The van der Waals surface area contributed by atoms with Gasteiger partial charge in [-0.15, -0.1) is 0 Å². The Hall–Kier alpha value is -1.82. The Morgan fingerprint density at radius 3 is 2.90 bits per heavy atom. The smallest absolute Gasteiger partial charge is 0.333 e. The number of rotatable bonds is 4. The van der Waals surface area contributed by atoms with Gasteiger partial charge in [-0.05, 0) is 50.8 Å². The van der Waals surface area contributed by atoms with E-state index in [9.17, 15) is 10.1 Å². The summed E-state index contributed by atoms with van der Waals surface area (Å²) >= 11 is 0. The van der Waals surface area contributed by atoms with E-state index in [1.807, 2.05) is 0 Å². The van der Waals surface area contributed by atoms with Crippen molar-refractivity contribution in [1.82, 2.24) is 5.32 Å². The van der Waals surface area contributed by atoms with Crippen molar-refractivity contribution in [3.63, 3.8) is 0 Å². The average Bonchev–Trinajstić information content (AvgIpc) is 2.45. The molecule has 1 atom stereocenters. The molecule has 1 saturated carbocycles. The van der Waals surface area contributed by atoms with Crippen LogP contribution >= 0.6 is 0 Å². The van der Waals surface area contributed by atoms with Crippen molar-refractivity contribution in [3.05, 3.63) is 28.3 Å². The number of para-hydroxylation sites is 1. The lowest BCUT2D eigenvalue weighted by Gasteiger charge is -2.48. The van der Waals surface area contributed by atoms with Gasteiger partial charge in [-0.2, -0.15) is 0 Å². The molecule has 0 radical (unpaired) electrons. The minimum absolute atomic E-state index is 0.0289. The van der Waals surface area contributed by atoms with Gasteiger partial charge in [-0.3, -0.25) is 10.1 Å². The minimum atomic E-state index is -0.374. The fourth-order valence-corrected chi connectivity index (χ4v) is 3.48. The molecule has 2 fully saturated rings. The number of anilines is 1. The maximum atomic E-state index is 11.3. The fraction of sp³-hybridized carbons (Fsp3) is 0.600. The predicted molar refractivity (Wildman–Crippen MR) is 80.9 cm³/mol. The second kappa shape index (κ2) is 5.52. The standard InChI is InChI=1S/C15H21N3O3/c1-21-13-5-2-4-12(14(13)18(19)20)17-11-6-9-16-15(10-11)7-3-8-15/h2,4-5,11,16-17H,3,6-10H2,1H3. The van der Waals surface area contributed by atoms with Crippen molar-refractivity contribution < 1.29 is 9.66 Å². The van der Waals surface area contributed by atoms with Crippen molar-refractivity contribution in [2.24, 2.45) is 0 Å². The molecule has 0 aromatic heterocycles. The summed E-state index contributed by atoms with van der Waals surface area (Å²) in [5.74, 6) is 0.303. The van der Waals surface area contributed by atoms with Crippen molar-refractivity contribution in [3.8, 4) is 5.75 Å². The van der Waals surface area contributed by atoms with E-state index in [2.05, 4.69) is 10.6 Å².